The van der Waals surface area contributed by atoms with Crippen molar-refractivity contribution >= 4 is 33.3 Å². The van der Waals surface area contributed by atoms with Crippen LogP contribution in [0.15, 0.2) is 12.7 Å². The molecule has 0 aromatic heterocycles. The van der Waals surface area contributed by atoms with Gasteiger partial charge in [-0.05, 0) is 6.08 Å². The second kappa shape index (κ2) is 7.41. The predicted molar refractivity (Wildman–Crippen MR) is 65.1 cm³/mol. The topological polar surface area (TPSA) is 97.5 Å². The van der Waals surface area contributed by atoms with Gasteiger partial charge in [-0.1, -0.05) is 6.58 Å². The molecule has 0 spiro atoms. The number of amides is 2. The summed E-state index contributed by atoms with van der Waals surface area (Å²) in [5.74, 6) is -1.86. The van der Waals surface area contributed by atoms with Crippen LogP contribution >= 0.6 is 11.6 Å². The summed E-state index contributed by atoms with van der Waals surface area (Å²) in [6, 6.07) is 0. The van der Waals surface area contributed by atoms with Crippen molar-refractivity contribution in [3.63, 3.8) is 0 Å². The molecule has 2 N–H and O–H groups in total. The summed E-state index contributed by atoms with van der Waals surface area (Å²) < 4.78 is 22.6. The van der Waals surface area contributed by atoms with Gasteiger partial charge in [0.05, 0.1) is 18.2 Å². The summed E-state index contributed by atoms with van der Waals surface area (Å²) in [6.45, 7) is 2.91. The van der Waals surface area contributed by atoms with E-state index in [2.05, 4.69) is 6.58 Å². The minimum absolute atomic E-state index is 0.0251. The van der Waals surface area contributed by atoms with Gasteiger partial charge in [-0.25, -0.2) is 8.42 Å². The Morgan fingerprint density at radius 1 is 1.35 bits per heavy atom. The highest BCUT2D eigenvalue weighted by Crippen LogP contribution is 2.00. The van der Waals surface area contributed by atoms with E-state index in [0.717, 1.165) is 11.0 Å². The summed E-state index contributed by atoms with van der Waals surface area (Å²) >= 11 is 5.30. The van der Waals surface area contributed by atoms with E-state index in [1.54, 1.807) is 0 Å². The first-order valence-corrected chi connectivity index (χ1v) is 7.16. The van der Waals surface area contributed by atoms with Crippen LogP contribution in [0.2, 0.25) is 0 Å². The molecule has 0 bridgehead atoms. The van der Waals surface area contributed by atoms with Crippen LogP contribution < -0.4 is 5.73 Å². The SMILES string of the molecule is C=CC(=O)N(CN)C(=O)CCS(=O)(=O)CCCl. The Morgan fingerprint density at radius 3 is 2.35 bits per heavy atom. The van der Waals surface area contributed by atoms with Crippen LogP contribution in [0.5, 0.6) is 0 Å². The number of halogens is 1. The zero-order valence-electron chi connectivity index (χ0n) is 9.26. The van der Waals surface area contributed by atoms with E-state index < -0.39 is 21.7 Å². The molecular formula is C9H15ClN2O4S. The van der Waals surface area contributed by atoms with Crippen molar-refractivity contribution < 1.29 is 18.0 Å². The Balaban J connectivity index is 4.44. The molecule has 0 fully saturated rings. The number of carbonyl (C=O) groups is 2. The molecule has 98 valence electrons. The lowest BCUT2D eigenvalue weighted by molar-refractivity contribution is -0.141. The fraction of sp³-hybridized carbons (Fsp3) is 0.556. The second-order valence-electron chi connectivity index (χ2n) is 3.14. The van der Waals surface area contributed by atoms with Gasteiger partial charge in [-0.2, -0.15) is 0 Å². The largest absolute Gasteiger partial charge is 0.313 e. The number of sulfone groups is 1. The lowest BCUT2D eigenvalue weighted by Gasteiger charge is -2.16. The zero-order valence-corrected chi connectivity index (χ0v) is 10.8. The molecule has 17 heavy (non-hydrogen) atoms. The fourth-order valence-corrected chi connectivity index (χ4v) is 2.65. The number of imide groups is 1. The fourth-order valence-electron chi connectivity index (χ4n) is 1.02. The highest BCUT2D eigenvalue weighted by Gasteiger charge is 2.20. The van der Waals surface area contributed by atoms with Crippen molar-refractivity contribution in [3.8, 4) is 0 Å². The Hall–Kier alpha value is -0.920. The Kier molecular flexibility index (Phi) is 7.01. The van der Waals surface area contributed by atoms with E-state index in [1.165, 1.54) is 0 Å². The average molecular weight is 283 g/mol. The van der Waals surface area contributed by atoms with Gasteiger partial charge in [0.2, 0.25) is 5.91 Å². The molecule has 0 rings (SSSR count). The first-order chi connectivity index (χ1) is 7.87. The van der Waals surface area contributed by atoms with Crippen molar-refractivity contribution in [1.82, 2.24) is 4.90 Å². The van der Waals surface area contributed by atoms with Gasteiger partial charge in [0.25, 0.3) is 5.91 Å². The first kappa shape index (κ1) is 16.1. The number of carbonyl (C=O) groups excluding carboxylic acids is 2. The molecule has 0 atom stereocenters. The Labute approximate surface area is 105 Å². The zero-order chi connectivity index (χ0) is 13.5. The van der Waals surface area contributed by atoms with Crippen LogP contribution in [-0.4, -0.2) is 49.2 Å². The molecule has 0 aromatic rings. The van der Waals surface area contributed by atoms with Crippen LogP contribution in [0.3, 0.4) is 0 Å². The monoisotopic (exact) mass is 282 g/mol. The van der Waals surface area contributed by atoms with Gasteiger partial charge in [0.15, 0.2) is 9.84 Å². The van der Waals surface area contributed by atoms with Crippen molar-refractivity contribution in [3.05, 3.63) is 12.7 Å². The number of nitrogens with two attached hydrogens (primary N) is 1. The van der Waals surface area contributed by atoms with Gasteiger partial charge < -0.3 is 5.73 Å². The van der Waals surface area contributed by atoms with E-state index >= 15 is 0 Å². The molecular weight excluding hydrogens is 268 g/mol. The molecule has 6 nitrogen and oxygen atoms in total. The van der Waals surface area contributed by atoms with Gasteiger partial charge >= 0.3 is 0 Å². The molecule has 0 aliphatic rings. The van der Waals surface area contributed by atoms with Crippen molar-refractivity contribution in [2.45, 2.75) is 6.42 Å². The number of nitrogens with zero attached hydrogens (tertiary/aromatic N) is 1. The van der Waals surface area contributed by atoms with E-state index in [0.29, 0.717) is 0 Å². The van der Waals surface area contributed by atoms with Gasteiger partial charge in [-0.3, -0.25) is 14.5 Å². The third kappa shape index (κ3) is 5.81. The maximum Gasteiger partial charge on any atom is 0.253 e. The van der Waals surface area contributed by atoms with Crippen molar-refractivity contribution in [1.29, 1.82) is 0 Å². The molecule has 0 unspecified atom stereocenters. The highest BCUT2D eigenvalue weighted by atomic mass is 35.5. The van der Waals surface area contributed by atoms with E-state index in [4.69, 9.17) is 17.3 Å². The second-order valence-corrected chi connectivity index (χ2v) is 5.82. The van der Waals surface area contributed by atoms with Crippen molar-refractivity contribution in [2.75, 3.05) is 24.1 Å². The van der Waals surface area contributed by atoms with Crippen molar-refractivity contribution in [2.24, 2.45) is 5.73 Å². The average Bonchev–Trinajstić information content (AvgIpc) is 2.27. The van der Waals surface area contributed by atoms with Gasteiger partial charge in [0, 0.05) is 12.3 Å². The summed E-state index contributed by atoms with van der Waals surface area (Å²) in [7, 11) is -3.36. The summed E-state index contributed by atoms with van der Waals surface area (Å²) in [5.41, 5.74) is 5.21. The molecule has 0 aliphatic carbocycles. The third-order valence-corrected chi connectivity index (χ3v) is 4.00. The Morgan fingerprint density at radius 2 is 1.94 bits per heavy atom. The highest BCUT2D eigenvalue weighted by molar-refractivity contribution is 7.91. The summed E-state index contributed by atoms with van der Waals surface area (Å²) in [4.78, 5) is 23.4. The van der Waals surface area contributed by atoms with E-state index in [9.17, 15) is 18.0 Å². The predicted octanol–water partition coefficient (Wildman–Crippen LogP) is -0.512. The number of rotatable bonds is 7. The van der Waals surface area contributed by atoms with E-state index in [1.807, 2.05) is 0 Å². The van der Waals surface area contributed by atoms with Crippen LogP contribution in [0.1, 0.15) is 6.42 Å². The summed E-state index contributed by atoms with van der Waals surface area (Å²) in [6.07, 6.45) is 0.647. The van der Waals surface area contributed by atoms with Crippen LogP contribution in [0.25, 0.3) is 0 Å². The molecule has 0 saturated carbocycles. The molecule has 0 aliphatic heterocycles. The molecule has 0 aromatic carbocycles. The lowest BCUT2D eigenvalue weighted by atomic mass is 10.4. The van der Waals surface area contributed by atoms with Gasteiger partial charge in [0.1, 0.15) is 0 Å². The van der Waals surface area contributed by atoms with Crippen LogP contribution in [0.4, 0.5) is 0 Å². The maximum atomic E-state index is 11.5. The lowest BCUT2D eigenvalue weighted by Crippen LogP contribution is -2.40. The quantitative estimate of drug-likeness (QED) is 0.385. The molecule has 2 amide bonds. The smallest absolute Gasteiger partial charge is 0.253 e. The number of hydrogen-bond donors (Lipinski definition) is 1. The molecule has 0 heterocycles. The standard InChI is InChI=1S/C9H15ClN2O4S/c1-2-8(13)12(7-11)9(14)3-5-17(15,16)6-4-10/h2H,1,3-7,11H2. The minimum Gasteiger partial charge on any atom is -0.313 e. The third-order valence-electron chi connectivity index (χ3n) is 1.94. The molecule has 0 saturated heterocycles. The minimum atomic E-state index is -3.36. The first-order valence-electron chi connectivity index (χ1n) is 4.81. The maximum absolute atomic E-state index is 11.5. The number of hydrogen-bond acceptors (Lipinski definition) is 5. The Bertz CT molecular complexity index is 394. The van der Waals surface area contributed by atoms with Crippen LogP contribution in [-0.2, 0) is 19.4 Å². The number of alkyl halides is 1. The molecule has 0 radical (unpaired) electrons. The molecule has 8 heteroatoms. The van der Waals surface area contributed by atoms with Gasteiger partial charge in [-0.15, -0.1) is 11.6 Å². The normalized spacial score (nSPS) is 10.9. The van der Waals surface area contributed by atoms with Crippen LogP contribution in [0, 0.1) is 0 Å². The summed E-state index contributed by atoms with van der Waals surface area (Å²) in [5, 5.41) is 0. The van der Waals surface area contributed by atoms with E-state index in [-0.39, 0.29) is 30.5 Å².